The monoisotopic (exact) mass is 284 g/mol. The lowest BCUT2D eigenvalue weighted by molar-refractivity contribution is -0.385. The van der Waals surface area contributed by atoms with Gasteiger partial charge >= 0.3 is 5.97 Å². The molecule has 8 nitrogen and oxygen atoms in total. The summed E-state index contributed by atoms with van der Waals surface area (Å²) in [6.07, 6.45) is 0.888. The van der Waals surface area contributed by atoms with Crippen LogP contribution in [0.3, 0.4) is 0 Å². The number of esters is 1. The number of ether oxygens (including phenoxy) is 1. The summed E-state index contributed by atoms with van der Waals surface area (Å²) < 4.78 is 32.4. The molecule has 10 heteroatoms. The van der Waals surface area contributed by atoms with Gasteiger partial charge in [0.1, 0.15) is 12.0 Å². The van der Waals surface area contributed by atoms with Crippen LogP contribution in [0.15, 0.2) is 18.5 Å². The molecule has 0 aliphatic carbocycles. The van der Waals surface area contributed by atoms with Crippen molar-refractivity contribution in [3.63, 3.8) is 0 Å². The van der Waals surface area contributed by atoms with Gasteiger partial charge in [-0.15, -0.1) is 5.10 Å². The van der Waals surface area contributed by atoms with Gasteiger partial charge in [-0.1, -0.05) is 0 Å². The standard InChI is InChI=1S/C10H6F2N4O4/c1-20-10(17)9-13-4-15(14-9)8-6(11)2-5(16(18)19)3-7(8)12/h2-4H,1H3. The number of benzene rings is 1. The highest BCUT2D eigenvalue weighted by Gasteiger charge is 2.21. The first-order valence-electron chi connectivity index (χ1n) is 5.08. The Hall–Kier alpha value is -2.91. The Morgan fingerprint density at radius 1 is 1.40 bits per heavy atom. The summed E-state index contributed by atoms with van der Waals surface area (Å²) in [6.45, 7) is 0. The number of non-ortho nitro benzene ring substituents is 1. The highest BCUT2D eigenvalue weighted by Crippen LogP contribution is 2.23. The average molecular weight is 284 g/mol. The van der Waals surface area contributed by atoms with Crippen molar-refractivity contribution in [3.05, 3.63) is 46.0 Å². The maximum absolute atomic E-state index is 13.7. The van der Waals surface area contributed by atoms with Gasteiger partial charge in [-0.25, -0.2) is 23.2 Å². The average Bonchev–Trinajstić information content (AvgIpc) is 2.86. The van der Waals surface area contributed by atoms with Gasteiger partial charge in [0.2, 0.25) is 0 Å². The molecule has 0 saturated carbocycles. The minimum Gasteiger partial charge on any atom is -0.463 e. The first-order chi connectivity index (χ1) is 9.43. The van der Waals surface area contributed by atoms with Crippen molar-refractivity contribution in [2.24, 2.45) is 0 Å². The maximum atomic E-state index is 13.7. The normalized spacial score (nSPS) is 10.3. The molecule has 0 fully saturated rings. The largest absolute Gasteiger partial charge is 0.463 e. The third-order valence-corrected chi connectivity index (χ3v) is 2.30. The van der Waals surface area contributed by atoms with E-state index < -0.39 is 39.7 Å². The van der Waals surface area contributed by atoms with Crippen LogP contribution < -0.4 is 0 Å². The van der Waals surface area contributed by atoms with E-state index >= 15 is 0 Å². The number of carbonyl (C=O) groups excluding carboxylic acids is 1. The molecule has 0 spiro atoms. The van der Waals surface area contributed by atoms with Gasteiger partial charge in [0.05, 0.1) is 24.2 Å². The van der Waals surface area contributed by atoms with Crippen molar-refractivity contribution in [1.82, 2.24) is 14.8 Å². The highest BCUT2D eigenvalue weighted by molar-refractivity contribution is 5.84. The van der Waals surface area contributed by atoms with Gasteiger partial charge in [-0.3, -0.25) is 10.1 Å². The van der Waals surface area contributed by atoms with Crippen molar-refractivity contribution >= 4 is 11.7 Å². The first kappa shape index (κ1) is 13.5. The molecule has 20 heavy (non-hydrogen) atoms. The maximum Gasteiger partial charge on any atom is 0.377 e. The summed E-state index contributed by atoms with van der Waals surface area (Å²) in [5.74, 6) is -3.70. The Kier molecular flexibility index (Phi) is 3.37. The quantitative estimate of drug-likeness (QED) is 0.477. The van der Waals surface area contributed by atoms with Gasteiger partial charge in [0, 0.05) is 0 Å². The molecule has 0 aliphatic heterocycles. The molecule has 0 aliphatic rings. The smallest absolute Gasteiger partial charge is 0.377 e. The topological polar surface area (TPSA) is 100 Å². The second-order valence-electron chi connectivity index (χ2n) is 3.52. The summed E-state index contributed by atoms with van der Waals surface area (Å²) in [7, 11) is 1.09. The second kappa shape index (κ2) is 4.99. The molecule has 1 aromatic carbocycles. The molecular weight excluding hydrogens is 278 g/mol. The number of nitro groups is 1. The lowest BCUT2D eigenvalue weighted by Gasteiger charge is -2.03. The summed E-state index contributed by atoms with van der Waals surface area (Å²) in [6, 6.07) is 1.08. The number of hydrogen-bond donors (Lipinski definition) is 0. The third-order valence-electron chi connectivity index (χ3n) is 2.30. The van der Waals surface area contributed by atoms with E-state index in [0.717, 1.165) is 13.4 Å². The van der Waals surface area contributed by atoms with Crippen molar-refractivity contribution in [3.8, 4) is 5.69 Å². The van der Waals surface area contributed by atoms with Crippen molar-refractivity contribution in [2.75, 3.05) is 7.11 Å². The van der Waals surface area contributed by atoms with E-state index in [1.165, 1.54) is 0 Å². The Labute approximate surface area is 109 Å². The van der Waals surface area contributed by atoms with Crippen LogP contribution in [0.5, 0.6) is 0 Å². The number of nitrogens with zero attached hydrogens (tertiary/aromatic N) is 4. The Morgan fingerprint density at radius 3 is 2.50 bits per heavy atom. The number of carbonyl (C=O) groups is 1. The van der Waals surface area contributed by atoms with Crippen LogP contribution in [0.2, 0.25) is 0 Å². The van der Waals surface area contributed by atoms with E-state index in [0.29, 0.717) is 16.8 Å². The summed E-state index contributed by atoms with van der Waals surface area (Å²) in [4.78, 5) is 24.2. The summed E-state index contributed by atoms with van der Waals surface area (Å²) >= 11 is 0. The Bertz CT molecular complexity index is 677. The van der Waals surface area contributed by atoms with E-state index in [9.17, 15) is 23.7 Å². The van der Waals surface area contributed by atoms with Crippen molar-refractivity contribution in [1.29, 1.82) is 0 Å². The molecule has 0 amide bonds. The van der Waals surface area contributed by atoms with E-state index in [-0.39, 0.29) is 0 Å². The van der Waals surface area contributed by atoms with Gasteiger partial charge in [-0.05, 0) is 0 Å². The molecule has 2 aromatic rings. The number of hydrogen-bond acceptors (Lipinski definition) is 6. The van der Waals surface area contributed by atoms with Gasteiger partial charge < -0.3 is 4.74 Å². The van der Waals surface area contributed by atoms with Gasteiger partial charge in [-0.2, -0.15) is 0 Å². The molecule has 0 unspecified atom stereocenters. The molecule has 0 saturated heterocycles. The third kappa shape index (κ3) is 2.30. The fourth-order valence-corrected chi connectivity index (χ4v) is 1.43. The van der Waals surface area contributed by atoms with Crippen molar-refractivity contribution in [2.45, 2.75) is 0 Å². The molecular formula is C10H6F2N4O4. The predicted octanol–water partition coefficient (Wildman–Crippen LogP) is 1.24. The van der Waals surface area contributed by atoms with E-state index in [2.05, 4.69) is 14.8 Å². The van der Waals surface area contributed by atoms with Crippen LogP contribution in [0, 0.1) is 21.7 Å². The van der Waals surface area contributed by atoms with Crippen LogP contribution >= 0.6 is 0 Å². The predicted molar refractivity (Wildman–Crippen MR) is 59.3 cm³/mol. The fourth-order valence-electron chi connectivity index (χ4n) is 1.43. The lowest BCUT2D eigenvalue weighted by atomic mass is 10.2. The Morgan fingerprint density at radius 2 is 2.00 bits per heavy atom. The molecule has 0 atom stereocenters. The minimum atomic E-state index is -1.21. The molecule has 1 aromatic heterocycles. The zero-order chi connectivity index (χ0) is 14.9. The zero-order valence-corrected chi connectivity index (χ0v) is 9.91. The molecule has 2 rings (SSSR count). The number of rotatable bonds is 3. The number of aromatic nitrogens is 3. The summed E-state index contributed by atoms with van der Waals surface area (Å²) in [5, 5.41) is 14.0. The molecule has 0 N–H and O–H groups in total. The first-order valence-corrected chi connectivity index (χ1v) is 5.08. The van der Waals surface area contributed by atoms with Crippen LogP contribution in [0.1, 0.15) is 10.6 Å². The van der Waals surface area contributed by atoms with Gasteiger partial charge in [0.15, 0.2) is 11.6 Å². The molecule has 0 radical (unpaired) electrons. The van der Waals surface area contributed by atoms with Crippen LogP contribution in [0.25, 0.3) is 5.69 Å². The molecule has 104 valence electrons. The van der Waals surface area contributed by atoms with E-state index in [1.807, 2.05) is 0 Å². The Balaban J connectivity index is 2.50. The van der Waals surface area contributed by atoms with Gasteiger partial charge in [0.25, 0.3) is 11.5 Å². The lowest BCUT2D eigenvalue weighted by Crippen LogP contribution is -2.07. The van der Waals surface area contributed by atoms with Crippen molar-refractivity contribution < 1.29 is 23.2 Å². The minimum absolute atomic E-state index is 0.398. The number of methoxy groups -OCH3 is 1. The fraction of sp³-hybridized carbons (Fsp3) is 0.100. The number of nitro benzene ring substituents is 1. The van der Waals surface area contributed by atoms with E-state index in [4.69, 9.17) is 0 Å². The van der Waals surface area contributed by atoms with E-state index in [1.54, 1.807) is 0 Å². The number of halogens is 2. The highest BCUT2D eigenvalue weighted by atomic mass is 19.1. The van der Waals surface area contributed by atoms with Crippen LogP contribution in [0.4, 0.5) is 14.5 Å². The van der Waals surface area contributed by atoms with Crippen LogP contribution in [-0.2, 0) is 4.74 Å². The summed E-state index contributed by atoms with van der Waals surface area (Å²) in [5.41, 5.74) is -1.42. The molecule has 1 heterocycles. The SMILES string of the molecule is COC(=O)c1ncn(-c2c(F)cc([N+](=O)[O-])cc2F)n1. The second-order valence-corrected chi connectivity index (χ2v) is 3.52. The van der Waals surface area contributed by atoms with Crippen LogP contribution in [-0.4, -0.2) is 32.8 Å². The zero-order valence-electron chi connectivity index (χ0n) is 9.91. The molecule has 0 bridgehead atoms.